The van der Waals surface area contributed by atoms with Gasteiger partial charge in [0.15, 0.2) is 0 Å². The minimum Gasteiger partial charge on any atom is -0.350 e. The molecule has 0 aliphatic heterocycles. The number of aryl methyl sites for hydroxylation is 1. The number of carbonyl (C=O) groups excluding carboxylic acids is 2. The Morgan fingerprint density at radius 1 is 0.927 bits per heavy atom. The number of hydrogen-bond donors (Lipinski definition) is 1. The van der Waals surface area contributed by atoms with Crippen LogP contribution in [0.4, 0.5) is 5.69 Å². The predicted molar refractivity (Wildman–Crippen MR) is 166 cm³/mol. The van der Waals surface area contributed by atoms with Crippen molar-refractivity contribution in [2.75, 3.05) is 10.8 Å². The van der Waals surface area contributed by atoms with Gasteiger partial charge in [-0.15, -0.1) is 0 Å². The average Bonchev–Trinajstić information content (AvgIpc) is 2.87. The number of halogens is 3. The van der Waals surface area contributed by atoms with Gasteiger partial charge in [0, 0.05) is 27.2 Å². The fourth-order valence-corrected chi connectivity index (χ4v) is 6.25. The topological polar surface area (TPSA) is 86.8 Å². The first-order valence-corrected chi connectivity index (χ1v) is 15.6. The number of nitrogens with zero attached hydrogens (tertiary/aromatic N) is 2. The average molecular weight is 639 g/mol. The van der Waals surface area contributed by atoms with Gasteiger partial charge in [0.05, 0.1) is 10.6 Å². The van der Waals surface area contributed by atoms with Crippen molar-refractivity contribution in [3.63, 3.8) is 0 Å². The minimum atomic E-state index is -4.20. The lowest BCUT2D eigenvalue weighted by atomic mass is 10.1. The molecule has 0 saturated heterocycles. The molecule has 0 aliphatic carbocycles. The van der Waals surface area contributed by atoms with Gasteiger partial charge in [0.2, 0.25) is 11.8 Å². The molecule has 3 aromatic rings. The smallest absolute Gasteiger partial charge is 0.264 e. The number of nitrogens with one attached hydrogen (secondary N) is 1. The van der Waals surface area contributed by atoms with E-state index in [2.05, 4.69) is 5.32 Å². The molecule has 2 amide bonds. The van der Waals surface area contributed by atoms with E-state index in [0.717, 1.165) is 9.87 Å². The fraction of sp³-hybridized carbons (Fsp3) is 0.333. The molecule has 0 radical (unpaired) electrons. The van der Waals surface area contributed by atoms with Gasteiger partial charge in [-0.25, -0.2) is 8.42 Å². The zero-order valence-corrected chi connectivity index (χ0v) is 26.7. The number of hydrogen-bond acceptors (Lipinski definition) is 4. The van der Waals surface area contributed by atoms with Gasteiger partial charge in [-0.05, 0) is 93.8 Å². The number of benzene rings is 3. The van der Waals surface area contributed by atoms with E-state index in [4.69, 9.17) is 34.8 Å². The number of rotatable bonds is 10. The van der Waals surface area contributed by atoms with Crippen LogP contribution in [0, 0.1) is 6.92 Å². The third-order valence-electron chi connectivity index (χ3n) is 6.21. The standard InChI is InChI=1S/C30H34Cl3N3O4S/c1-6-27(29(38)34-30(3,4)5)35(18-21-10-11-23(32)17-26(21)33)28(37)19-36(24-9-7-8-20(2)16-24)41(39,40)25-14-12-22(31)13-15-25/h7-17,27H,6,18-19H2,1-5H3,(H,34,38). The van der Waals surface area contributed by atoms with Gasteiger partial charge in [0.25, 0.3) is 10.0 Å². The predicted octanol–water partition coefficient (Wildman–Crippen LogP) is 6.87. The summed E-state index contributed by atoms with van der Waals surface area (Å²) in [5.41, 5.74) is 1.13. The molecule has 1 N–H and O–H groups in total. The Kier molecular flexibility index (Phi) is 10.7. The summed E-state index contributed by atoms with van der Waals surface area (Å²) in [6, 6.07) is 16.6. The maximum absolute atomic E-state index is 14.1. The Morgan fingerprint density at radius 3 is 2.12 bits per heavy atom. The van der Waals surface area contributed by atoms with E-state index in [1.807, 2.05) is 33.8 Å². The third kappa shape index (κ3) is 8.61. The summed E-state index contributed by atoms with van der Waals surface area (Å²) >= 11 is 18.5. The Morgan fingerprint density at radius 2 is 1.56 bits per heavy atom. The first-order valence-electron chi connectivity index (χ1n) is 13.0. The molecule has 3 rings (SSSR count). The summed E-state index contributed by atoms with van der Waals surface area (Å²) in [6.45, 7) is 8.57. The van der Waals surface area contributed by atoms with Crippen molar-refractivity contribution < 1.29 is 18.0 Å². The SMILES string of the molecule is CCC(C(=O)NC(C)(C)C)N(Cc1ccc(Cl)cc1Cl)C(=O)CN(c1cccc(C)c1)S(=O)(=O)c1ccc(Cl)cc1. The number of carbonyl (C=O) groups is 2. The van der Waals surface area contributed by atoms with Crippen LogP contribution in [0.25, 0.3) is 0 Å². The van der Waals surface area contributed by atoms with Crippen LogP contribution in [-0.4, -0.2) is 43.3 Å². The minimum absolute atomic E-state index is 0.0268. The summed E-state index contributed by atoms with van der Waals surface area (Å²) in [5, 5.41) is 4.07. The van der Waals surface area contributed by atoms with Gasteiger partial charge < -0.3 is 10.2 Å². The molecule has 0 aliphatic rings. The lowest BCUT2D eigenvalue weighted by Gasteiger charge is -2.35. The van der Waals surface area contributed by atoms with Crippen molar-refractivity contribution in [2.45, 2.75) is 64.1 Å². The first-order chi connectivity index (χ1) is 19.1. The molecule has 0 heterocycles. The molecule has 41 heavy (non-hydrogen) atoms. The molecule has 1 unspecified atom stereocenters. The van der Waals surface area contributed by atoms with Gasteiger partial charge in [0.1, 0.15) is 12.6 Å². The van der Waals surface area contributed by atoms with E-state index < -0.39 is 34.1 Å². The van der Waals surface area contributed by atoms with Crippen LogP contribution in [0.1, 0.15) is 45.2 Å². The van der Waals surface area contributed by atoms with Crippen LogP contribution in [-0.2, 0) is 26.2 Å². The molecule has 11 heteroatoms. The third-order valence-corrected chi connectivity index (χ3v) is 8.84. The maximum atomic E-state index is 14.1. The second-order valence-corrected chi connectivity index (χ2v) is 13.9. The van der Waals surface area contributed by atoms with E-state index in [1.54, 1.807) is 43.3 Å². The summed E-state index contributed by atoms with van der Waals surface area (Å²) < 4.78 is 28.9. The Balaban J connectivity index is 2.10. The first kappa shape index (κ1) is 32.7. The Labute approximate surface area is 257 Å². The van der Waals surface area contributed by atoms with Crippen molar-refractivity contribution in [1.82, 2.24) is 10.2 Å². The highest BCUT2D eigenvalue weighted by atomic mass is 35.5. The monoisotopic (exact) mass is 637 g/mol. The second kappa shape index (κ2) is 13.5. The molecular formula is C30H34Cl3N3O4S. The molecule has 7 nitrogen and oxygen atoms in total. The zero-order chi connectivity index (χ0) is 30.5. The summed E-state index contributed by atoms with van der Waals surface area (Å²) in [5.74, 6) is -0.938. The highest BCUT2D eigenvalue weighted by molar-refractivity contribution is 7.92. The molecular weight excluding hydrogens is 605 g/mol. The van der Waals surface area contributed by atoms with Crippen LogP contribution < -0.4 is 9.62 Å². The maximum Gasteiger partial charge on any atom is 0.264 e. The molecule has 0 saturated carbocycles. The van der Waals surface area contributed by atoms with E-state index in [9.17, 15) is 18.0 Å². The van der Waals surface area contributed by atoms with Gasteiger partial charge in [-0.3, -0.25) is 13.9 Å². The van der Waals surface area contributed by atoms with Gasteiger partial charge >= 0.3 is 0 Å². The van der Waals surface area contributed by atoms with E-state index >= 15 is 0 Å². The molecule has 3 aromatic carbocycles. The molecule has 220 valence electrons. The number of anilines is 1. The van der Waals surface area contributed by atoms with Crippen molar-refractivity contribution >= 4 is 62.3 Å². The van der Waals surface area contributed by atoms with Crippen LogP contribution in [0.5, 0.6) is 0 Å². The zero-order valence-electron chi connectivity index (χ0n) is 23.6. The largest absolute Gasteiger partial charge is 0.350 e. The highest BCUT2D eigenvalue weighted by Gasteiger charge is 2.35. The summed E-state index contributed by atoms with van der Waals surface area (Å²) in [4.78, 5) is 28.9. The molecule has 0 aromatic heterocycles. The lowest BCUT2D eigenvalue weighted by molar-refractivity contribution is -0.141. The Bertz CT molecular complexity index is 1510. The van der Waals surface area contributed by atoms with Gasteiger partial charge in [-0.1, -0.05) is 59.9 Å². The number of sulfonamides is 1. The van der Waals surface area contributed by atoms with Crippen molar-refractivity contribution in [3.8, 4) is 0 Å². The quantitative estimate of drug-likeness (QED) is 0.263. The number of amides is 2. The van der Waals surface area contributed by atoms with Gasteiger partial charge in [-0.2, -0.15) is 0 Å². The van der Waals surface area contributed by atoms with Crippen molar-refractivity contribution in [1.29, 1.82) is 0 Å². The summed E-state index contributed by atoms with van der Waals surface area (Å²) in [7, 11) is -4.20. The van der Waals surface area contributed by atoms with Crippen LogP contribution in [0.2, 0.25) is 15.1 Å². The molecule has 1 atom stereocenters. The Hall–Kier alpha value is -2.78. The molecule has 0 spiro atoms. The lowest BCUT2D eigenvalue weighted by Crippen LogP contribution is -2.55. The fourth-order valence-electron chi connectivity index (χ4n) is 4.25. The highest BCUT2D eigenvalue weighted by Crippen LogP contribution is 2.28. The van der Waals surface area contributed by atoms with Crippen LogP contribution >= 0.6 is 34.8 Å². The van der Waals surface area contributed by atoms with E-state index in [0.29, 0.717) is 26.3 Å². The van der Waals surface area contributed by atoms with Crippen LogP contribution in [0.3, 0.4) is 0 Å². The van der Waals surface area contributed by atoms with Crippen molar-refractivity contribution in [3.05, 3.63) is 92.9 Å². The summed E-state index contributed by atoms with van der Waals surface area (Å²) in [6.07, 6.45) is 0.285. The van der Waals surface area contributed by atoms with E-state index in [-0.39, 0.29) is 23.8 Å². The second-order valence-electron chi connectivity index (χ2n) is 10.7. The van der Waals surface area contributed by atoms with Crippen LogP contribution in [0.15, 0.2) is 71.6 Å². The molecule has 0 fully saturated rings. The van der Waals surface area contributed by atoms with E-state index in [1.165, 1.54) is 29.2 Å². The normalized spacial score (nSPS) is 12.5. The molecule has 0 bridgehead atoms. The van der Waals surface area contributed by atoms with Crippen molar-refractivity contribution in [2.24, 2.45) is 0 Å².